The number of hydrogen-bond donors (Lipinski definition) is 0. The Hall–Kier alpha value is -1.86. The van der Waals surface area contributed by atoms with Crippen molar-refractivity contribution >= 4 is 5.91 Å². The van der Waals surface area contributed by atoms with Crippen molar-refractivity contribution in [3.05, 3.63) is 29.8 Å². The van der Waals surface area contributed by atoms with Gasteiger partial charge in [0.1, 0.15) is 12.3 Å². The van der Waals surface area contributed by atoms with Crippen LogP contribution in [-0.4, -0.2) is 36.7 Å². The van der Waals surface area contributed by atoms with Gasteiger partial charge >= 0.3 is 12.8 Å². The van der Waals surface area contributed by atoms with E-state index in [1.54, 1.807) is 6.92 Å². The Kier molecular flexibility index (Phi) is 6.58. The first-order valence-electron chi connectivity index (χ1n) is 6.64. The Morgan fingerprint density at radius 1 is 1.32 bits per heavy atom. The van der Waals surface area contributed by atoms with Crippen LogP contribution in [0.15, 0.2) is 24.3 Å². The van der Waals surface area contributed by atoms with Crippen LogP contribution in [0.3, 0.4) is 0 Å². The predicted molar refractivity (Wildman–Crippen MR) is 69.9 cm³/mol. The molecule has 0 aliphatic carbocycles. The number of nitrogens with zero attached hydrogens (tertiary/aromatic N) is 1. The highest BCUT2D eigenvalue weighted by Crippen LogP contribution is 2.21. The highest BCUT2D eigenvalue weighted by molar-refractivity contribution is 5.94. The smallest absolute Gasteiger partial charge is 0.406 e. The molecule has 1 rings (SSSR count). The maximum Gasteiger partial charge on any atom is 0.406 e. The quantitative estimate of drug-likeness (QED) is 0.707. The van der Waals surface area contributed by atoms with Gasteiger partial charge in [-0.25, -0.2) is 0 Å². The summed E-state index contributed by atoms with van der Waals surface area (Å²) in [7, 11) is 0. The van der Waals surface area contributed by atoms with Gasteiger partial charge in [0.15, 0.2) is 0 Å². The summed E-state index contributed by atoms with van der Waals surface area (Å²) >= 11 is 0. The zero-order valence-electron chi connectivity index (χ0n) is 11.9. The van der Waals surface area contributed by atoms with Crippen LogP contribution in [0.4, 0.5) is 22.0 Å². The van der Waals surface area contributed by atoms with Crippen LogP contribution in [0, 0.1) is 0 Å². The number of amides is 1. The number of hydrogen-bond acceptors (Lipinski definition) is 2. The van der Waals surface area contributed by atoms with Gasteiger partial charge in [-0.05, 0) is 24.6 Å². The topological polar surface area (TPSA) is 29.5 Å². The number of unbranched alkanes of at least 4 members (excludes halogenated alkanes) is 1. The van der Waals surface area contributed by atoms with E-state index in [0.29, 0.717) is 17.7 Å². The van der Waals surface area contributed by atoms with Crippen LogP contribution in [0.25, 0.3) is 0 Å². The third-order valence-corrected chi connectivity index (χ3v) is 2.75. The van der Waals surface area contributed by atoms with Gasteiger partial charge in [0, 0.05) is 12.1 Å². The molecule has 3 nitrogen and oxygen atoms in total. The largest absolute Gasteiger partial charge is 0.435 e. The first kappa shape index (κ1) is 18.2. The first-order valence-corrected chi connectivity index (χ1v) is 6.64. The van der Waals surface area contributed by atoms with E-state index in [2.05, 4.69) is 4.74 Å². The van der Waals surface area contributed by atoms with E-state index in [0.717, 1.165) is 6.07 Å². The molecule has 1 amide bonds. The highest BCUT2D eigenvalue weighted by atomic mass is 19.4. The van der Waals surface area contributed by atoms with Crippen molar-refractivity contribution in [3.8, 4) is 5.75 Å². The van der Waals surface area contributed by atoms with Gasteiger partial charge in [-0.2, -0.15) is 22.0 Å². The van der Waals surface area contributed by atoms with E-state index in [4.69, 9.17) is 0 Å². The maximum absolute atomic E-state index is 12.5. The molecule has 22 heavy (non-hydrogen) atoms. The summed E-state index contributed by atoms with van der Waals surface area (Å²) in [6, 6.07) is 4.74. The molecule has 0 radical (unpaired) electrons. The van der Waals surface area contributed by atoms with Crippen molar-refractivity contribution in [1.29, 1.82) is 0 Å². The second-order valence-electron chi connectivity index (χ2n) is 4.60. The van der Waals surface area contributed by atoms with Crippen molar-refractivity contribution < 1.29 is 31.5 Å². The van der Waals surface area contributed by atoms with Crippen molar-refractivity contribution in [2.24, 2.45) is 0 Å². The molecule has 1 aromatic rings. The molecular formula is C14H16F5NO2. The molecule has 0 saturated carbocycles. The van der Waals surface area contributed by atoms with Gasteiger partial charge in [-0.15, -0.1) is 0 Å². The fraction of sp³-hybridized carbons (Fsp3) is 0.500. The number of halogens is 5. The molecule has 1 aromatic carbocycles. The van der Waals surface area contributed by atoms with Crippen LogP contribution in [-0.2, 0) is 0 Å². The average Bonchev–Trinajstić information content (AvgIpc) is 2.41. The predicted octanol–water partition coefficient (Wildman–Crippen LogP) is 4.09. The molecule has 0 heterocycles. The third-order valence-electron chi connectivity index (χ3n) is 2.75. The molecule has 0 bridgehead atoms. The zero-order valence-corrected chi connectivity index (χ0v) is 11.9. The lowest BCUT2D eigenvalue weighted by atomic mass is 10.1. The summed E-state index contributed by atoms with van der Waals surface area (Å²) in [5, 5.41) is 0. The normalized spacial score (nSPS) is 11.6. The van der Waals surface area contributed by atoms with E-state index in [9.17, 15) is 26.7 Å². The van der Waals surface area contributed by atoms with Crippen LogP contribution in [0.2, 0.25) is 0 Å². The van der Waals surface area contributed by atoms with Gasteiger partial charge < -0.3 is 9.64 Å². The summed E-state index contributed by atoms with van der Waals surface area (Å²) in [6.45, 7) is -2.73. The molecule has 0 aromatic heterocycles. The van der Waals surface area contributed by atoms with Crippen LogP contribution in [0.5, 0.6) is 5.75 Å². The standard InChI is InChI=1S/C14H16F5NO2/c1-2-3-7-20(9-14(17,18)19)12(21)10-5-4-6-11(8-10)22-13(15)16/h4-6,8,13H,2-3,7,9H2,1H3. The van der Waals surface area contributed by atoms with E-state index in [1.165, 1.54) is 18.2 Å². The average molecular weight is 325 g/mol. The van der Waals surface area contributed by atoms with Gasteiger partial charge in [0.2, 0.25) is 0 Å². The molecule has 0 spiro atoms. The molecule has 124 valence electrons. The first-order chi connectivity index (χ1) is 10.2. The lowest BCUT2D eigenvalue weighted by Crippen LogP contribution is -2.39. The van der Waals surface area contributed by atoms with Gasteiger partial charge in [0.25, 0.3) is 5.91 Å². The molecular weight excluding hydrogens is 309 g/mol. The third kappa shape index (κ3) is 6.28. The number of rotatable bonds is 7. The van der Waals surface area contributed by atoms with E-state index in [1.807, 2.05) is 0 Å². The van der Waals surface area contributed by atoms with Crippen molar-refractivity contribution in [3.63, 3.8) is 0 Å². The Morgan fingerprint density at radius 3 is 2.55 bits per heavy atom. The Bertz CT molecular complexity index is 490. The minimum atomic E-state index is -4.53. The molecule has 0 N–H and O–H groups in total. The summed E-state index contributed by atoms with van der Waals surface area (Å²) in [4.78, 5) is 12.8. The molecule has 0 aliphatic rings. The molecule has 0 aliphatic heterocycles. The number of benzene rings is 1. The van der Waals surface area contributed by atoms with E-state index >= 15 is 0 Å². The summed E-state index contributed by atoms with van der Waals surface area (Å²) in [5.41, 5.74) is -0.126. The minimum absolute atomic E-state index is 0.0607. The maximum atomic E-state index is 12.5. The lowest BCUT2D eigenvalue weighted by molar-refractivity contribution is -0.140. The van der Waals surface area contributed by atoms with Crippen molar-refractivity contribution in [2.75, 3.05) is 13.1 Å². The second kappa shape index (κ2) is 7.95. The number of alkyl halides is 5. The van der Waals surface area contributed by atoms with Crippen molar-refractivity contribution in [2.45, 2.75) is 32.6 Å². The van der Waals surface area contributed by atoms with Crippen molar-refractivity contribution in [1.82, 2.24) is 4.90 Å². The van der Waals surface area contributed by atoms with E-state index < -0.39 is 25.2 Å². The van der Waals surface area contributed by atoms with Gasteiger partial charge in [-0.1, -0.05) is 19.4 Å². The summed E-state index contributed by atoms with van der Waals surface area (Å²) in [6.07, 6.45) is -3.49. The molecule has 0 atom stereocenters. The molecule has 0 unspecified atom stereocenters. The second-order valence-corrected chi connectivity index (χ2v) is 4.60. The number of carbonyl (C=O) groups is 1. The highest BCUT2D eigenvalue weighted by Gasteiger charge is 2.33. The SMILES string of the molecule is CCCCN(CC(F)(F)F)C(=O)c1cccc(OC(F)F)c1. The fourth-order valence-corrected chi connectivity index (χ4v) is 1.81. The zero-order chi connectivity index (χ0) is 16.8. The Balaban J connectivity index is 2.92. The van der Waals surface area contributed by atoms with Crippen LogP contribution >= 0.6 is 0 Å². The monoisotopic (exact) mass is 325 g/mol. The summed E-state index contributed by atoms with van der Waals surface area (Å²) in [5.74, 6) is -1.14. The van der Waals surface area contributed by atoms with Crippen LogP contribution in [0.1, 0.15) is 30.1 Å². The van der Waals surface area contributed by atoms with Gasteiger partial charge in [0.05, 0.1) is 0 Å². The lowest BCUT2D eigenvalue weighted by Gasteiger charge is -2.24. The minimum Gasteiger partial charge on any atom is -0.435 e. The molecule has 0 saturated heterocycles. The summed E-state index contributed by atoms with van der Waals surface area (Å²) < 4.78 is 66.0. The fourth-order valence-electron chi connectivity index (χ4n) is 1.81. The molecule has 0 fully saturated rings. The molecule has 8 heteroatoms. The van der Waals surface area contributed by atoms with E-state index in [-0.39, 0.29) is 17.9 Å². The number of ether oxygens (including phenoxy) is 1. The van der Waals surface area contributed by atoms with Crippen LogP contribution < -0.4 is 4.74 Å². The van der Waals surface area contributed by atoms with Gasteiger partial charge in [-0.3, -0.25) is 4.79 Å². The number of carbonyl (C=O) groups excluding carboxylic acids is 1. The Labute approximate surface area is 124 Å². The Morgan fingerprint density at radius 2 is 2.00 bits per heavy atom.